The number of morpholine rings is 1. The molecule has 1 aromatic heterocycles. The van der Waals surface area contributed by atoms with Gasteiger partial charge in [0.15, 0.2) is 5.09 Å². The summed E-state index contributed by atoms with van der Waals surface area (Å²) in [5.74, 6) is -0.227. The number of furan rings is 1. The number of nitrogens with one attached hydrogen (secondary N) is 2. The van der Waals surface area contributed by atoms with Gasteiger partial charge in [-0.05, 0) is 48.9 Å². The summed E-state index contributed by atoms with van der Waals surface area (Å²) in [5, 5.41) is 6.24. The molecule has 2 aliphatic rings. The van der Waals surface area contributed by atoms with Gasteiger partial charge in [0.05, 0.1) is 13.2 Å². The molecule has 1 aromatic carbocycles. The van der Waals surface area contributed by atoms with Crippen molar-refractivity contribution in [1.29, 1.82) is 0 Å². The third-order valence-electron chi connectivity index (χ3n) is 4.79. The number of thiocarbonyl (C=S) groups is 1. The molecule has 0 bridgehead atoms. The van der Waals surface area contributed by atoms with Gasteiger partial charge in [0.1, 0.15) is 15.8 Å². The normalized spacial score (nSPS) is 16.6. The Kier molecular flexibility index (Phi) is 7.06. The molecule has 1 saturated carbocycles. The third kappa shape index (κ3) is 6.19. The van der Waals surface area contributed by atoms with Crippen molar-refractivity contribution < 1.29 is 18.7 Å². The van der Waals surface area contributed by atoms with E-state index in [-0.39, 0.29) is 23.6 Å². The molecule has 1 aliphatic carbocycles. The fourth-order valence-electron chi connectivity index (χ4n) is 2.94. The van der Waals surface area contributed by atoms with Gasteiger partial charge in [-0.2, -0.15) is 0 Å². The van der Waals surface area contributed by atoms with Crippen LogP contribution in [-0.4, -0.2) is 53.4 Å². The molecule has 0 spiro atoms. The first kappa shape index (κ1) is 21.6. The predicted molar refractivity (Wildman–Crippen MR) is 123 cm³/mol. The second kappa shape index (κ2) is 10.1. The maximum atomic E-state index is 12.7. The summed E-state index contributed by atoms with van der Waals surface area (Å²) < 4.78 is 11.9. The Morgan fingerprint density at radius 3 is 2.55 bits per heavy atom. The Morgan fingerprint density at radius 2 is 1.84 bits per heavy atom. The SMILES string of the molecule is O=C(NC1CC1)C(=Cc1ccc(SC(=S)N2CCOCC2)o1)NC(=O)c1ccccc1. The van der Waals surface area contributed by atoms with Gasteiger partial charge in [-0.1, -0.05) is 30.4 Å². The molecule has 1 saturated heterocycles. The van der Waals surface area contributed by atoms with E-state index in [2.05, 4.69) is 15.5 Å². The van der Waals surface area contributed by atoms with Gasteiger partial charge in [0.25, 0.3) is 11.8 Å². The molecule has 2 fully saturated rings. The molecular weight excluding hydrogens is 434 g/mol. The van der Waals surface area contributed by atoms with Crippen LogP contribution in [0.15, 0.2) is 57.7 Å². The lowest BCUT2D eigenvalue weighted by atomic mass is 10.2. The molecule has 0 radical (unpaired) electrons. The average Bonchev–Trinajstić information content (AvgIpc) is 3.51. The summed E-state index contributed by atoms with van der Waals surface area (Å²) in [5.41, 5.74) is 0.613. The van der Waals surface area contributed by atoms with E-state index in [9.17, 15) is 9.59 Å². The van der Waals surface area contributed by atoms with Crippen molar-refractivity contribution in [2.24, 2.45) is 0 Å². The zero-order valence-corrected chi connectivity index (χ0v) is 18.5. The van der Waals surface area contributed by atoms with Gasteiger partial charge in [-0.3, -0.25) is 9.59 Å². The maximum Gasteiger partial charge on any atom is 0.268 e. The number of hydrogen-bond acceptors (Lipinski definition) is 6. The molecule has 2 amide bonds. The highest BCUT2D eigenvalue weighted by atomic mass is 32.2. The number of rotatable bonds is 6. The topological polar surface area (TPSA) is 83.8 Å². The van der Waals surface area contributed by atoms with Crippen LogP contribution < -0.4 is 10.6 Å². The number of amides is 2. The number of benzene rings is 1. The van der Waals surface area contributed by atoms with E-state index in [0.29, 0.717) is 29.6 Å². The lowest BCUT2D eigenvalue weighted by Gasteiger charge is -2.28. The molecule has 4 rings (SSSR count). The monoisotopic (exact) mass is 457 g/mol. The Balaban J connectivity index is 1.46. The van der Waals surface area contributed by atoms with Crippen LogP contribution >= 0.6 is 24.0 Å². The minimum absolute atomic E-state index is 0.141. The van der Waals surface area contributed by atoms with Crippen LogP contribution in [-0.2, 0) is 9.53 Å². The van der Waals surface area contributed by atoms with Crippen LogP contribution in [0.1, 0.15) is 29.0 Å². The number of ether oxygens (including phenoxy) is 1. The summed E-state index contributed by atoms with van der Waals surface area (Å²) in [4.78, 5) is 27.3. The molecular formula is C22H23N3O4S2. The highest BCUT2D eigenvalue weighted by molar-refractivity contribution is 8.22. The van der Waals surface area contributed by atoms with Crippen LogP contribution in [0.5, 0.6) is 0 Å². The second-order valence-electron chi connectivity index (χ2n) is 7.25. The minimum Gasteiger partial charge on any atom is -0.450 e. The van der Waals surface area contributed by atoms with E-state index >= 15 is 0 Å². The summed E-state index contributed by atoms with van der Waals surface area (Å²) >= 11 is 6.85. The van der Waals surface area contributed by atoms with Crippen molar-refractivity contribution in [3.8, 4) is 0 Å². The summed E-state index contributed by atoms with van der Waals surface area (Å²) in [7, 11) is 0. The molecule has 9 heteroatoms. The quantitative estimate of drug-likeness (QED) is 0.392. The lowest BCUT2D eigenvalue weighted by molar-refractivity contribution is -0.117. The largest absolute Gasteiger partial charge is 0.450 e. The Labute approximate surface area is 190 Å². The van der Waals surface area contributed by atoms with Crippen molar-refractivity contribution in [1.82, 2.24) is 15.5 Å². The average molecular weight is 458 g/mol. The van der Waals surface area contributed by atoms with Gasteiger partial charge in [0.2, 0.25) is 0 Å². The Bertz CT molecular complexity index is 980. The fourth-order valence-corrected chi connectivity index (χ4v) is 4.13. The second-order valence-corrected chi connectivity index (χ2v) is 8.89. The third-order valence-corrected chi connectivity index (χ3v) is 6.15. The zero-order chi connectivity index (χ0) is 21.6. The van der Waals surface area contributed by atoms with Crippen molar-refractivity contribution in [2.75, 3.05) is 26.3 Å². The summed E-state index contributed by atoms with van der Waals surface area (Å²) in [6.07, 6.45) is 3.44. The van der Waals surface area contributed by atoms with Crippen molar-refractivity contribution in [3.63, 3.8) is 0 Å². The van der Waals surface area contributed by atoms with Gasteiger partial charge in [-0.15, -0.1) is 0 Å². The number of nitrogens with zero attached hydrogens (tertiary/aromatic N) is 1. The zero-order valence-electron chi connectivity index (χ0n) is 16.8. The number of hydrogen-bond donors (Lipinski definition) is 2. The fraction of sp³-hybridized carbons (Fsp3) is 0.318. The van der Waals surface area contributed by atoms with Crippen LogP contribution in [0.4, 0.5) is 0 Å². The van der Waals surface area contributed by atoms with Crippen LogP contribution in [0.2, 0.25) is 0 Å². The maximum absolute atomic E-state index is 12.7. The molecule has 2 aromatic rings. The van der Waals surface area contributed by atoms with Crippen molar-refractivity contribution >= 4 is 46.2 Å². The lowest BCUT2D eigenvalue weighted by Crippen LogP contribution is -2.38. The first-order valence-electron chi connectivity index (χ1n) is 10.1. The van der Waals surface area contributed by atoms with Crippen molar-refractivity contribution in [2.45, 2.75) is 24.0 Å². The molecule has 162 valence electrons. The predicted octanol–water partition coefficient (Wildman–Crippen LogP) is 3.04. The van der Waals surface area contributed by atoms with E-state index in [1.807, 2.05) is 6.07 Å². The van der Waals surface area contributed by atoms with E-state index < -0.39 is 0 Å². The minimum atomic E-state index is -0.354. The van der Waals surface area contributed by atoms with Crippen LogP contribution in [0.25, 0.3) is 6.08 Å². The first-order chi connectivity index (χ1) is 15.1. The van der Waals surface area contributed by atoms with Crippen LogP contribution in [0, 0.1) is 0 Å². The van der Waals surface area contributed by atoms with E-state index in [0.717, 1.165) is 30.3 Å². The highest BCUT2D eigenvalue weighted by Crippen LogP contribution is 2.26. The number of thioether (sulfide) groups is 1. The Hall–Kier alpha value is -2.62. The number of carbonyl (C=O) groups is 2. The number of carbonyl (C=O) groups excluding carboxylic acids is 2. The standard InChI is InChI=1S/C22H23N3O4S2/c26-20(15-4-2-1-3-5-15)24-18(21(27)23-16-6-7-16)14-17-8-9-19(29-17)31-22(30)25-10-12-28-13-11-25/h1-5,8-9,14,16H,6-7,10-13H2,(H,23,27)(H,24,26). The van der Waals surface area contributed by atoms with Crippen LogP contribution in [0.3, 0.4) is 0 Å². The van der Waals surface area contributed by atoms with Gasteiger partial charge in [-0.25, -0.2) is 0 Å². The molecule has 2 N–H and O–H groups in total. The summed E-state index contributed by atoms with van der Waals surface area (Å²) in [6, 6.07) is 12.5. The summed E-state index contributed by atoms with van der Waals surface area (Å²) in [6.45, 7) is 2.84. The van der Waals surface area contributed by atoms with Gasteiger partial charge >= 0.3 is 0 Å². The molecule has 1 aliphatic heterocycles. The van der Waals surface area contributed by atoms with E-state index in [1.165, 1.54) is 11.8 Å². The molecule has 31 heavy (non-hydrogen) atoms. The van der Waals surface area contributed by atoms with Crippen molar-refractivity contribution in [3.05, 3.63) is 59.5 Å². The van der Waals surface area contributed by atoms with Gasteiger partial charge < -0.3 is 24.7 Å². The molecule has 0 atom stereocenters. The first-order valence-corrected chi connectivity index (χ1v) is 11.3. The smallest absolute Gasteiger partial charge is 0.268 e. The molecule has 0 unspecified atom stereocenters. The van der Waals surface area contributed by atoms with E-state index in [4.69, 9.17) is 21.4 Å². The highest BCUT2D eigenvalue weighted by Gasteiger charge is 2.26. The molecule has 7 nitrogen and oxygen atoms in total. The van der Waals surface area contributed by atoms with E-state index in [1.54, 1.807) is 42.5 Å². The Morgan fingerprint density at radius 1 is 1.10 bits per heavy atom. The van der Waals surface area contributed by atoms with Gasteiger partial charge in [0, 0.05) is 30.8 Å². The molecule has 2 heterocycles.